The van der Waals surface area contributed by atoms with Crippen LogP contribution in [-0.2, 0) is 0 Å². The summed E-state index contributed by atoms with van der Waals surface area (Å²) in [7, 11) is 0. The van der Waals surface area contributed by atoms with Crippen molar-refractivity contribution in [3.8, 4) is 33.9 Å². The molecule has 0 saturated heterocycles. The Balaban J connectivity index is 1.42. The Morgan fingerprint density at radius 2 is 1.16 bits per heavy atom. The number of rotatable bonds is 3. The number of aromatic nitrogens is 3. The van der Waals surface area contributed by atoms with E-state index in [1.165, 1.54) is 0 Å². The first-order valence-corrected chi connectivity index (χ1v) is 10.6. The molecule has 152 valence electrons. The highest BCUT2D eigenvalue weighted by Gasteiger charge is 2.13. The second-order valence-corrected chi connectivity index (χ2v) is 7.81. The van der Waals surface area contributed by atoms with Crippen LogP contribution in [0.3, 0.4) is 0 Å². The van der Waals surface area contributed by atoms with Crippen molar-refractivity contribution in [2.45, 2.75) is 0 Å². The second-order valence-electron chi connectivity index (χ2n) is 7.48. The molecular weight excluding hydrogens is 418 g/mol. The Labute approximate surface area is 189 Å². The minimum absolute atomic E-state index is 0.171. The summed E-state index contributed by atoms with van der Waals surface area (Å²) >= 11 is 6.21. The van der Waals surface area contributed by atoms with E-state index in [-0.39, 0.29) is 5.28 Å². The molecule has 4 aromatic carbocycles. The molecule has 5 heteroatoms. The molecule has 2 aromatic heterocycles. The first-order chi connectivity index (χ1) is 15.8. The van der Waals surface area contributed by atoms with Crippen LogP contribution in [0.15, 0.2) is 101 Å². The lowest BCUT2D eigenvalue weighted by Gasteiger charge is -2.07. The van der Waals surface area contributed by atoms with Crippen molar-refractivity contribution in [3.63, 3.8) is 0 Å². The highest BCUT2D eigenvalue weighted by atomic mass is 35.5. The zero-order valence-corrected chi connectivity index (χ0v) is 17.6. The van der Waals surface area contributed by atoms with Crippen molar-refractivity contribution in [3.05, 3.63) is 102 Å². The van der Waals surface area contributed by atoms with Crippen LogP contribution in [0, 0.1) is 0 Å². The standard InChI is InChI=1S/C27H16ClN3O/c28-27-30-25(18-7-2-1-3-8-18)29-26(31-27)19-15-13-17(14-16-19)20-10-6-11-22-21-9-4-5-12-23(21)32-24(20)22/h1-16H. The third-order valence-electron chi connectivity index (χ3n) is 5.50. The maximum Gasteiger partial charge on any atom is 0.226 e. The zero-order chi connectivity index (χ0) is 21.5. The van der Waals surface area contributed by atoms with Gasteiger partial charge in [0.2, 0.25) is 5.28 Å². The maximum absolute atomic E-state index is 6.21. The van der Waals surface area contributed by atoms with Gasteiger partial charge in [0.1, 0.15) is 11.2 Å². The largest absolute Gasteiger partial charge is 0.455 e. The van der Waals surface area contributed by atoms with Gasteiger partial charge in [-0.05, 0) is 23.2 Å². The van der Waals surface area contributed by atoms with E-state index in [2.05, 4.69) is 51.4 Å². The fraction of sp³-hybridized carbons (Fsp3) is 0. The van der Waals surface area contributed by atoms with Crippen LogP contribution >= 0.6 is 11.6 Å². The van der Waals surface area contributed by atoms with Gasteiger partial charge in [-0.15, -0.1) is 0 Å². The number of nitrogens with zero attached hydrogens (tertiary/aromatic N) is 3. The summed E-state index contributed by atoms with van der Waals surface area (Å²) in [6, 6.07) is 32.2. The fourth-order valence-corrected chi connectivity index (χ4v) is 4.13. The molecule has 0 atom stereocenters. The van der Waals surface area contributed by atoms with Crippen molar-refractivity contribution >= 4 is 33.5 Å². The van der Waals surface area contributed by atoms with Gasteiger partial charge in [-0.3, -0.25) is 0 Å². The summed E-state index contributed by atoms with van der Waals surface area (Å²) in [5.74, 6) is 1.09. The van der Waals surface area contributed by atoms with Crippen LogP contribution in [0.4, 0.5) is 0 Å². The second kappa shape index (κ2) is 7.59. The van der Waals surface area contributed by atoms with Crippen molar-refractivity contribution in [2.24, 2.45) is 0 Å². The van der Waals surface area contributed by atoms with Crippen molar-refractivity contribution in [1.29, 1.82) is 0 Å². The molecule has 0 aliphatic heterocycles. The highest BCUT2D eigenvalue weighted by Crippen LogP contribution is 2.36. The predicted octanol–water partition coefficient (Wildman–Crippen LogP) is 7.43. The molecule has 0 bridgehead atoms. The molecule has 0 saturated carbocycles. The lowest BCUT2D eigenvalue weighted by atomic mass is 10.0. The molecule has 6 aromatic rings. The number of para-hydroxylation sites is 2. The molecule has 2 heterocycles. The monoisotopic (exact) mass is 433 g/mol. The smallest absolute Gasteiger partial charge is 0.226 e. The summed E-state index contributed by atoms with van der Waals surface area (Å²) < 4.78 is 6.18. The fourth-order valence-electron chi connectivity index (χ4n) is 3.97. The van der Waals surface area contributed by atoms with E-state index in [0.717, 1.165) is 44.2 Å². The van der Waals surface area contributed by atoms with Crippen LogP contribution in [-0.4, -0.2) is 15.0 Å². The Morgan fingerprint density at radius 3 is 1.94 bits per heavy atom. The lowest BCUT2D eigenvalue weighted by molar-refractivity contribution is 0.670. The highest BCUT2D eigenvalue weighted by molar-refractivity contribution is 6.28. The van der Waals surface area contributed by atoms with E-state index in [1.807, 2.05) is 60.7 Å². The number of fused-ring (bicyclic) bond motifs is 3. The Hall–Kier alpha value is -4.02. The molecule has 0 amide bonds. The van der Waals surface area contributed by atoms with Gasteiger partial charge in [0.15, 0.2) is 11.6 Å². The van der Waals surface area contributed by atoms with Crippen molar-refractivity contribution in [1.82, 2.24) is 15.0 Å². The quantitative estimate of drug-likeness (QED) is 0.291. The van der Waals surface area contributed by atoms with Gasteiger partial charge in [-0.2, -0.15) is 9.97 Å². The van der Waals surface area contributed by atoms with Gasteiger partial charge >= 0.3 is 0 Å². The maximum atomic E-state index is 6.21. The summed E-state index contributed by atoms with van der Waals surface area (Å²) in [5, 5.41) is 2.40. The topological polar surface area (TPSA) is 51.8 Å². The van der Waals surface area contributed by atoms with Gasteiger partial charge in [0, 0.05) is 27.5 Å². The molecular formula is C27H16ClN3O. The van der Waals surface area contributed by atoms with Gasteiger partial charge in [-0.1, -0.05) is 91.0 Å². The average molecular weight is 434 g/mol. The molecule has 0 radical (unpaired) electrons. The SMILES string of the molecule is Clc1nc(-c2ccccc2)nc(-c2ccc(-c3cccc4c3oc3ccccc34)cc2)n1. The van der Waals surface area contributed by atoms with Gasteiger partial charge in [-0.25, -0.2) is 4.98 Å². The van der Waals surface area contributed by atoms with Crippen LogP contribution in [0.1, 0.15) is 0 Å². The van der Waals surface area contributed by atoms with E-state index in [1.54, 1.807) is 0 Å². The van der Waals surface area contributed by atoms with E-state index in [0.29, 0.717) is 11.6 Å². The van der Waals surface area contributed by atoms with E-state index in [9.17, 15) is 0 Å². The average Bonchev–Trinajstić information content (AvgIpc) is 3.23. The number of furan rings is 1. The van der Waals surface area contributed by atoms with Gasteiger partial charge < -0.3 is 4.42 Å². The van der Waals surface area contributed by atoms with Crippen LogP contribution < -0.4 is 0 Å². The molecule has 0 aliphatic rings. The third-order valence-corrected chi connectivity index (χ3v) is 5.67. The van der Waals surface area contributed by atoms with Crippen molar-refractivity contribution < 1.29 is 4.42 Å². The molecule has 4 nitrogen and oxygen atoms in total. The molecule has 0 aliphatic carbocycles. The number of hydrogen-bond donors (Lipinski definition) is 0. The van der Waals surface area contributed by atoms with E-state index < -0.39 is 0 Å². The van der Waals surface area contributed by atoms with E-state index >= 15 is 0 Å². The Kier molecular flexibility index (Phi) is 4.44. The predicted molar refractivity (Wildman–Crippen MR) is 128 cm³/mol. The molecule has 0 spiro atoms. The third kappa shape index (κ3) is 3.22. The van der Waals surface area contributed by atoms with E-state index in [4.69, 9.17) is 16.0 Å². The lowest BCUT2D eigenvalue weighted by Crippen LogP contribution is -1.97. The summed E-state index contributed by atoms with van der Waals surface area (Å²) in [6.45, 7) is 0. The zero-order valence-electron chi connectivity index (χ0n) is 16.9. The van der Waals surface area contributed by atoms with Gasteiger partial charge in [0.05, 0.1) is 0 Å². The minimum Gasteiger partial charge on any atom is -0.455 e. The number of halogens is 1. The van der Waals surface area contributed by atoms with Crippen LogP contribution in [0.5, 0.6) is 0 Å². The summed E-state index contributed by atoms with van der Waals surface area (Å²) in [5.41, 5.74) is 5.64. The first kappa shape index (κ1) is 18.7. The minimum atomic E-state index is 0.171. The van der Waals surface area contributed by atoms with Gasteiger partial charge in [0.25, 0.3) is 0 Å². The molecule has 6 rings (SSSR count). The van der Waals surface area contributed by atoms with Crippen molar-refractivity contribution in [2.75, 3.05) is 0 Å². The number of benzene rings is 4. The molecule has 0 unspecified atom stereocenters. The molecule has 0 N–H and O–H groups in total. The summed E-state index contributed by atoms with van der Waals surface area (Å²) in [6.07, 6.45) is 0. The molecule has 0 fully saturated rings. The Morgan fingerprint density at radius 1 is 0.531 bits per heavy atom. The Bertz CT molecular complexity index is 1570. The first-order valence-electron chi connectivity index (χ1n) is 10.2. The summed E-state index contributed by atoms with van der Waals surface area (Å²) in [4.78, 5) is 13.2. The van der Waals surface area contributed by atoms with Crippen LogP contribution in [0.2, 0.25) is 5.28 Å². The molecule has 32 heavy (non-hydrogen) atoms. The number of hydrogen-bond acceptors (Lipinski definition) is 4. The normalized spacial score (nSPS) is 11.3. The van der Waals surface area contributed by atoms with Crippen LogP contribution in [0.25, 0.3) is 55.8 Å².